The normalized spacial score (nSPS) is 20.7. The van der Waals surface area contributed by atoms with E-state index in [1.807, 2.05) is 0 Å². The van der Waals surface area contributed by atoms with Gasteiger partial charge in [0.25, 0.3) is 0 Å². The Morgan fingerprint density at radius 2 is 1.00 bits per heavy atom. The van der Waals surface area contributed by atoms with Gasteiger partial charge in [-0.2, -0.15) is 0 Å². The van der Waals surface area contributed by atoms with Gasteiger partial charge in [-0.25, -0.2) is 0 Å². The highest BCUT2D eigenvalue weighted by atomic mass is 16.7. The highest BCUT2D eigenvalue weighted by Gasteiger charge is 2.44. The monoisotopic (exact) mass is 831 g/mol. The maximum Gasteiger partial charge on any atom is 0.306 e. The Kier molecular flexibility index (Phi) is 36.1. The number of unbranched alkanes of at least 4 members (excludes halogenated alkanes) is 14. The predicted octanol–water partition coefficient (Wildman–Crippen LogP) is 10.00. The molecule has 0 bridgehead atoms. The van der Waals surface area contributed by atoms with Gasteiger partial charge in [0.05, 0.1) is 13.2 Å². The van der Waals surface area contributed by atoms with E-state index >= 15 is 0 Å². The van der Waals surface area contributed by atoms with Gasteiger partial charge in [0.2, 0.25) is 0 Å². The van der Waals surface area contributed by atoms with Gasteiger partial charge in [0.15, 0.2) is 12.4 Å². The SMILES string of the molecule is CC/C=C/C/C=C/C/C=C/C/C=C/C/C=C/CCCCCC(=O)OC[C@@H](CO[C@H]1O[C@@H](CO)[C@@H](O)C(O)C1O)OC(=O)CCCCCCC/C=C/CCCCCCCC. The van der Waals surface area contributed by atoms with Crippen LogP contribution in [0.1, 0.15) is 168 Å². The molecule has 1 heterocycles. The fourth-order valence-electron chi connectivity index (χ4n) is 6.44. The van der Waals surface area contributed by atoms with Gasteiger partial charge in [-0.3, -0.25) is 9.59 Å². The summed E-state index contributed by atoms with van der Waals surface area (Å²) in [4.78, 5) is 25.3. The summed E-state index contributed by atoms with van der Waals surface area (Å²) in [6.07, 6.45) is 41.9. The lowest BCUT2D eigenvalue weighted by atomic mass is 9.99. The predicted molar refractivity (Wildman–Crippen MR) is 238 cm³/mol. The molecule has 0 aliphatic carbocycles. The van der Waals surface area contributed by atoms with Crippen molar-refractivity contribution in [3.63, 3.8) is 0 Å². The number of esters is 2. The second-order valence-electron chi connectivity index (χ2n) is 15.5. The molecule has 0 amide bonds. The summed E-state index contributed by atoms with van der Waals surface area (Å²) >= 11 is 0. The number of ether oxygens (including phenoxy) is 4. The molecule has 10 heteroatoms. The zero-order valence-electron chi connectivity index (χ0n) is 36.7. The van der Waals surface area contributed by atoms with Gasteiger partial charge in [0, 0.05) is 12.8 Å². The zero-order chi connectivity index (χ0) is 43.0. The molecular formula is C49H82O10. The van der Waals surface area contributed by atoms with Crippen molar-refractivity contribution in [2.24, 2.45) is 0 Å². The van der Waals surface area contributed by atoms with Gasteiger partial charge < -0.3 is 39.4 Å². The van der Waals surface area contributed by atoms with E-state index in [-0.39, 0.29) is 26.1 Å². The zero-order valence-corrected chi connectivity index (χ0v) is 36.7. The molecule has 4 N–H and O–H groups in total. The summed E-state index contributed by atoms with van der Waals surface area (Å²) in [5.41, 5.74) is 0. The molecule has 1 aliphatic rings. The number of allylic oxidation sites excluding steroid dienone is 12. The molecule has 59 heavy (non-hydrogen) atoms. The molecule has 338 valence electrons. The lowest BCUT2D eigenvalue weighted by Crippen LogP contribution is -2.59. The number of carbonyl (C=O) groups excluding carboxylic acids is 2. The van der Waals surface area contributed by atoms with Gasteiger partial charge in [-0.05, 0) is 83.5 Å². The number of hydrogen-bond acceptors (Lipinski definition) is 10. The van der Waals surface area contributed by atoms with Crippen molar-refractivity contribution in [3.05, 3.63) is 72.9 Å². The Hall–Kier alpha value is -2.86. The van der Waals surface area contributed by atoms with Crippen LogP contribution in [0, 0.1) is 0 Å². The first-order chi connectivity index (χ1) is 28.8. The van der Waals surface area contributed by atoms with E-state index in [1.165, 1.54) is 38.5 Å². The summed E-state index contributed by atoms with van der Waals surface area (Å²) < 4.78 is 22.1. The maximum atomic E-state index is 12.8. The molecule has 0 saturated carbocycles. The van der Waals surface area contributed by atoms with Crippen molar-refractivity contribution in [2.75, 3.05) is 19.8 Å². The van der Waals surface area contributed by atoms with E-state index in [1.54, 1.807) is 0 Å². The van der Waals surface area contributed by atoms with Crippen LogP contribution in [-0.2, 0) is 28.5 Å². The van der Waals surface area contributed by atoms with Crippen LogP contribution < -0.4 is 0 Å². The van der Waals surface area contributed by atoms with Crippen LogP contribution in [-0.4, -0.2) is 89.0 Å². The first-order valence-corrected chi connectivity index (χ1v) is 23.0. The van der Waals surface area contributed by atoms with Crippen LogP contribution >= 0.6 is 0 Å². The molecule has 1 saturated heterocycles. The van der Waals surface area contributed by atoms with E-state index in [0.29, 0.717) is 12.8 Å². The quantitative estimate of drug-likeness (QED) is 0.0271. The van der Waals surface area contributed by atoms with Crippen LogP contribution in [0.2, 0.25) is 0 Å². The Bertz CT molecular complexity index is 1190. The van der Waals surface area contributed by atoms with Crippen molar-refractivity contribution in [2.45, 2.75) is 205 Å². The minimum Gasteiger partial charge on any atom is -0.462 e. The molecule has 0 aromatic carbocycles. The summed E-state index contributed by atoms with van der Waals surface area (Å²) in [5, 5.41) is 40.1. The van der Waals surface area contributed by atoms with Crippen molar-refractivity contribution in [1.82, 2.24) is 0 Å². The standard InChI is InChI=1S/C49H82O10/c1-3-5-7-9-11-13-15-17-19-20-21-22-24-25-27-29-31-33-35-37-44(51)56-40-42(41-57-49-48(55)47(54)46(53)43(39-50)59-49)58-45(52)38-36-34-32-30-28-26-23-18-16-14-12-10-8-6-4-2/h5,7,11,13,17-19,21-23,25,27,42-43,46-50,53-55H,3-4,6,8-10,12,14-16,20,24,26,28-41H2,1-2H3/b7-5+,13-11+,19-17+,22-21+,23-18+,27-25+/t42-,43-,46+,47?,48?,49-/m0/s1. The maximum absolute atomic E-state index is 12.8. The van der Waals surface area contributed by atoms with Crippen molar-refractivity contribution < 1.29 is 49.0 Å². The van der Waals surface area contributed by atoms with Crippen LogP contribution in [0.3, 0.4) is 0 Å². The lowest BCUT2D eigenvalue weighted by Gasteiger charge is -2.39. The minimum atomic E-state index is -1.60. The smallest absolute Gasteiger partial charge is 0.306 e. The first-order valence-electron chi connectivity index (χ1n) is 23.0. The highest BCUT2D eigenvalue weighted by molar-refractivity contribution is 5.70. The Morgan fingerprint density at radius 1 is 0.542 bits per heavy atom. The molecule has 0 aromatic heterocycles. The minimum absolute atomic E-state index is 0.209. The molecule has 0 radical (unpaired) electrons. The molecule has 1 rings (SSSR count). The van der Waals surface area contributed by atoms with E-state index in [9.17, 15) is 30.0 Å². The van der Waals surface area contributed by atoms with Crippen LogP contribution in [0.15, 0.2) is 72.9 Å². The molecule has 1 fully saturated rings. The molecule has 1 aliphatic heterocycles. The molecule has 6 atom stereocenters. The van der Waals surface area contributed by atoms with E-state index in [4.69, 9.17) is 18.9 Å². The van der Waals surface area contributed by atoms with Gasteiger partial charge >= 0.3 is 11.9 Å². The first kappa shape index (κ1) is 54.2. The summed E-state index contributed by atoms with van der Waals surface area (Å²) in [6.45, 7) is 3.25. The number of hydrogen-bond donors (Lipinski definition) is 4. The molecular weight excluding hydrogens is 749 g/mol. The number of rotatable bonds is 37. The molecule has 10 nitrogen and oxygen atoms in total. The van der Waals surface area contributed by atoms with Gasteiger partial charge in [-0.1, -0.05) is 145 Å². The second kappa shape index (κ2) is 39.3. The summed E-state index contributed by atoms with van der Waals surface area (Å²) in [7, 11) is 0. The van der Waals surface area contributed by atoms with Gasteiger partial charge in [0.1, 0.15) is 31.0 Å². The fourth-order valence-corrected chi connectivity index (χ4v) is 6.44. The Morgan fingerprint density at radius 3 is 1.54 bits per heavy atom. The third-order valence-corrected chi connectivity index (χ3v) is 10.1. The lowest BCUT2D eigenvalue weighted by molar-refractivity contribution is -0.305. The molecule has 2 unspecified atom stereocenters. The molecule has 0 spiro atoms. The highest BCUT2D eigenvalue weighted by Crippen LogP contribution is 2.22. The average Bonchev–Trinajstić information content (AvgIpc) is 3.23. The largest absolute Gasteiger partial charge is 0.462 e. The van der Waals surface area contributed by atoms with E-state index in [0.717, 1.165) is 89.9 Å². The number of carbonyl (C=O) groups is 2. The van der Waals surface area contributed by atoms with Crippen molar-refractivity contribution >= 4 is 11.9 Å². The third kappa shape index (κ3) is 30.8. The Labute approximate surface area is 357 Å². The summed E-state index contributed by atoms with van der Waals surface area (Å²) in [6, 6.07) is 0. The van der Waals surface area contributed by atoms with E-state index < -0.39 is 55.4 Å². The number of aliphatic hydroxyl groups excluding tert-OH is 4. The fraction of sp³-hybridized carbons (Fsp3) is 0.714. The van der Waals surface area contributed by atoms with Crippen LogP contribution in [0.5, 0.6) is 0 Å². The van der Waals surface area contributed by atoms with Crippen LogP contribution in [0.25, 0.3) is 0 Å². The topological polar surface area (TPSA) is 152 Å². The van der Waals surface area contributed by atoms with Gasteiger partial charge in [-0.15, -0.1) is 0 Å². The Balaban J connectivity index is 2.36. The summed E-state index contributed by atoms with van der Waals surface area (Å²) in [5.74, 6) is -0.859. The molecule has 0 aromatic rings. The second-order valence-corrected chi connectivity index (χ2v) is 15.5. The van der Waals surface area contributed by atoms with Crippen LogP contribution in [0.4, 0.5) is 0 Å². The van der Waals surface area contributed by atoms with Crippen molar-refractivity contribution in [3.8, 4) is 0 Å². The number of aliphatic hydroxyl groups is 4. The third-order valence-electron chi connectivity index (χ3n) is 10.1. The van der Waals surface area contributed by atoms with Crippen molar-refractivity contribution in [1.29, 1.82) is 0 Å². The average molecular weight is 831 g/mol. The van der Waals surface area contributed by atoms with E-state index in [2.05, 4.69) is 86.8 Å².